The molecule has 0 fully saturated rings. The number of aryl methyl sites for hydroxylation is 2. The Morgan fingerprint density at radius 2 is 1.10 bits per heavy atom. The highest BCUT2D eigenvalue weighted by atomic mass is 16.1. The maximum atomic E-state index is 12.0. The Kier molecular flexibility index (Phi) is 6.59. The number of benzene rings is 2. The van der Waals surface area contributed by atoms with Gasteiger partial charge < -0.3 is 0 Å². The maximum absolute atomic E-state index is 12.0. The molecule has 0 unspecified atom stereocenters. The first kappa shape index (κ1) is 20.1. The molecule has 0 atom stereocenters. The van der Waals surface area contributed by atoms with Crippen LogP contribution in [0.1, 0.15) is 18.1 Å². The Balaban J connectivity index is 0.000000166. The third-order valence-electron chi connectivity index (χ3n) is 4.61. The topological polar surface area (TPSA) is 44.0 Å². The second-order valence-corrected chi connectivity index (χ2v) is 6.60. The molecule has 4 aromatic rings. The lowest BCUT2D eigenvalue weighted by Crippen LogP contribution is -2.20. The van der Waals surface area contributed by atoms with Crippen molar-refractivity contribution in [2.75, 3.05) is 0 Å². The molecule has 0 saturated heterocycles. The molecule has 0 spiro atoms. The predicted molar refractivity (Wildman–Crippen MR) is 118 cm³/mol. The fourth-order valence-electron chi connectivity index (χ4n) is 2.99. The number of hydrogen-bond donors (Lipinski definition) is 0. The molecule has 0 bridgehead atoms. The molecule has 0 N–H and O–H groups in total. The van der Waals surface area contributed by atoms with Gasteiger partial charge in [-0.3, -0.25) is 18.7 Å². The zero-order chi connectivity index (χ0) is 20.6. The van der Waals surface area contributed by atoms with Crippen LogP contribution in [0, 0.1) is 6.92 Å². The standard InChI is InChI=1S/C13H13NO.C12H11NO/c1-2-11-7-6-10-14(13(11)15)12-8-4-3-5-9-12;1-10-6-5-9-13(12(10)14)11-7-3-2-4-8-11/h3-10H,2H2,1H3;2-9H,1H3. The van der Waals surface area contributed by atoms with E-state index in [1.54, 1.807) is 21.5 Å². The lowest BCUT2D eigenvalue weighted by atomic mass is 10.2. The second kappa shape index (κ2) is 9.51. The van der Waals surface area contributed by atoms with E-state index in [-0.39, 0.29) is 11.1 Å². The number of aromatic nitrogens is 2. The molecule has 146 valence electrons. The average Bonchev–Trinajstić information content (AvgIpc) is 2.77. The summed E-state index contributed by atoms with van der Waals surface area (Å²) in [4.78, 5) is 23.7. The van der Waals surface area contributed by atoms with Crippen molar-refractivity contribution < 1.29 is 0 Å². The van der Waals surface area contributed by atoms with Crippen molar-refractivity contribution in [1.82, 2.24) is 9.13 Å². The van der Waals surface area contributed by atoms with E-state index in [4.69, 9.17) is 0 Å². The summed E-state index contributed by atoms with van der Waals surface area (Å²) in [6.45, 7) is 3.81. The summed E-state index contributed by atoms with van der Waals surface area (Å²) in [6.07, 6.45) is 4.36. The van der Waals surface area contributed by atoms with E-state index in [0.29, 0.717) is 0 Å². The molecule has 2 aromatic carbocycles. The maximum Gasteiger partial charge on any atom is 0.258 e. The molecule has 4 nitrogen and oxygen atoms in total. The van der Waals surface area contributed by atoms with Crippen molar-refractivity contribution >= 4 is 0 Å². The Morgan fingerprint density at radius 3 is 1.62 bits per heavy atom. The monoisotopic (exact) mass is 384 g/mol. The van der Waals surface area contributed by atoms with Crippen molar-refractivity contribution in [2.24, 2.45) is 0 Å². The molecule has 2 heterocycles. The number of hydrogen-bond acceptors (Lipinski definition) is 2. The minimum absolute atomic E-state index is 0.0405. The number of para-hydroxylation sites is 2. The van der Waals surface area contributed by atoms with Crippen LogP contribution in [0.5, 0.6) is 0 Å². The molecule has 0 aliphatic carbocycles. The van der Waals surface area contributed by atoms with Crippen LogP contribution in [0.15, 0.2) is 107 Å². The third kappa shape index (κ3) is 4.79. The van der Waals surface area contributed by atoms with Crippen LogP contribution in [0.2, 0.25) is 0 Å². The minimum Gasteiger partial charge on any atom is -0.284 e. The van der Waals surface area contributed by atoms with Gasteiger partial charge in [0.05, 0.1) is 0 Å². The highest BCUT2D eigenvalue weighted by molar-refractivity contribution is 5.33. The molecule has 29 heavy (non-hydrogen) atoms. The van der Waals surface area contributed by atoms with Crippen molar-refractivity contribution in [2.45, 2.75) is 20.3 Å². The fraction of sp³-hybridized carbons (Fsp3) is 0.120. The van der Waals surface area contributed by atoms with Gasteiger partial charge in [-0.15, -0.1) is 0 Å². The van der Waals surface area contributed by atoms with Crippen LogP contribution in [0.4, 0.5) is 0 Å². The van der Waals surface area contributed by atoms with Crippen LogP contribution in [0.25, 0.3) is 11.4 Å². The number of pyridine rings is 2. The van der Waals surface area contributed by atoms with Crippen LogP contribution in [-0.4, -0.2) is 9.13 Å². The van der Waals surface area contributed by atoms with Crippen molar-refractivity contribution in [3.05, 3.63) is 129 Å². The van der Waals surface area contributed by atoms with Gasteiger partial charge >= 0.3 is 0 Å². The second-order valence-electron chi connectivity index (χ2n) is 6.60. The summed E-state index contributed by atoms with van der Waals surface area (Å²) in [5, 5.41) is 0. The molecule has 0 radical (unpaired) electrons. The van der Waals surface area contributed by atoms with E-state index < -0.39 is 0 Å². The Bertz CT molecular complexity index is 1180. The molecule has 2 aromatic heterocycles. The third-order valence-corrected chi connectivity index (χ3v) is 4.61. The quantitative estimate of drug-likeness (QED) is 0.520. The fourth-order valence-corrected chi connectivity index (χ4v) is 2.99. The van der Waals surface area contributed by atoms with Crippen molar-refractivity contribution in [3.63, 3.8) is 0 Å². The molecule has 0 aliphatic rings. The predicted octanol–water partition coefficient (Wildman–Crippen LogP) is 4.55. The van der Waals surface area contributed by atoms with E-state index >= 15 is 0 Å². The number of rotatable bonds is 3. The lowest BCUT2D eigenvalue weighted by molar-refractivity contribution is 0.939. The normalized spacial score (nSPS) is 10.1. The molecular formula is C25H24N2O2. The molecule has 4 heteroatoms. The minimum atomic E-state index is 0.0405. The smallest absolute Gasteiger partial charge is 0.258 e. The van der Waals surface area contributed by atoms with Gasteiger partial charge in [0.2, 0.25) is 0 Å². The van der Waals surface area contributed by atoms with Gasteiger partial charge in [-0.1, -0.05) is 55.5 Å². The van der Waals surface area contributed by atoms with Gasteiger partial charge in [0.15, 0.2) is 0 Å². The summed E-state index contributed by atoms with van der Waals surface area (Å²) in [5.74, 6) is 0. The number of nitrogens with zero attached hydrogens (tertiary/aromatic N) is 2. The average molecular weight is 384 g/mol. The summed E-state index contributed by atoms with van der Waals surface area (Å²) < 4.78 is 3.33. The molecule has 0 amide bonds. The molecule has 0 saturated carbocycles. The summed E-state index contributed by atoms with van der Waals surface area (Å²) in [5.41, 5.74) is 3.54. The van der Waals surface area contributed by atoms with Gasteiger partial charge in [0.25, 0.3) is 11.1 Å². The van der Waals surface area contributed by atoms with Gasteiger partial charge in [-0.25, -0.2) is 0 Å². The first-order valence-electron chi connectivity index (χ1n) is 9.61. The molecule has 0 aliphatic heterocycles. The molecular weight excluding hydrogens is 360 g/mol. The first-order valence-corrected chi connectivity index (χ1v) is 9.61. The van der Waals surface area contributed by atoms with Crippen LogP contribution in [0.3, 0.4) is 0 Å². The van der Waals surface area contributed by atoms with Gasteiger partial charge in [-0.05, 0) is 49.7 Å². The Hall–Kier alpha value is -3.66. The van der Waals surface area contributed by atoms with Gasteiger partial charge in [-0.2, -0.15) is 0 Å². The van der Waals surface area contributed by atoms with E-state index in [0.717, 1.165) is 28.9 Å². The van der Waals surface area contributed by atoms with E-state index in [1.807, 2.05) is 98.8 Å². The first-order chi connectivity index (χ1) is 14.1. The Labute approximate surface area is 170 Å². The molecule has 4 rings (SSSR count). The van der Waals surface area contributed by atoms with E-state index in [9.17, 15) is 9.59 Å². The SMILES string of the molecule is CCc1cccn(-c2ccccc2)c1=O.Cc1cccn(-c2ccccc2)c1=O. The van der Waals surface area contributed by atoms with Crippen molar-refractivity contribution in [1.29, 1.82) is 0 Å². The van der Waals surface area contributed by atoms with Crippen molar-refractivity contribution in [3.8, 4) is 11.4 Å². The lowest BCUT2D eigenvalue weighted by Gasteiger charge is -2.06. The largest absolute Gasteiger partial charge is 0.284 e. The van der Waals surface area contributed by atoms with Crippen LogP contribution >= 0.6 is 0 Å². The summed E-state index contributed by atoms with van der Waals surface area (Å²) in [7, 11) is 0. The van der Waals surface area contributed by atoms with Gasteiger partial charge in [0, 0.05) is 34.9 Å². The highest BCUT2D eigenvalue weighted by Gasteiger charge is 2.02. The van der Waals surface area contributed by atoms with Gasteiger partial charge in [0.1, 0.15) is 0 Å². The Morgan fingerprint density at radius 1 is 0.621 bits per heavy atom. The summed E-state index contributed by atoms with van der Waals surface area (Å²) in [6, 6.07) is 26.8. The van der Waals surface area contributed by atoms with E-state index in [1.165, 1.54) is 0 Å². The highest BCUT2D eigenvalue weighted by Crippen LogP contribution is 2.05. The summed E-state index contributed by atoms with van der Waals surface area (Å²) >= 11 is 0. The van der Waals surface area contributed by atoms with Crippen LogP contribution in [-0.2, 0) is 6.42 Å². The van der Waals surface area contributed by atoms with E-state index in [2.05, 4.69) is 0 Å². The van der Waals surface area contributed by atoms with Crippen LogP contribution < -0.4 is 11.1 Å². The zero-order valence-corrected chi connectivity index (χ0v) is 16.7. The zero-order valence-electron chi connectivity index (χ0n) is 16.7.